The fourth-order valence-electron chi connectivity index (χ4n) is 2.31. The van der Waals surface area contributed by atoms with Gasteiger partial charge in [0.25, 0.3) is 0 Å². The van der Waals surface area contributed by atoms with Crippen LogP contribution in [0.25, 0.3) is 0 Å². The standard InChI is InChI=1S/C14H16BrN3O2/c15-11-3-1-2-10(8-11)9-12-17-13(20-18-12)14(16)4-6-19-7-5-14/h1-3,8H,4-7,9,16H2. The SMILES string of the molecule is NC1(c2nc(Cc3cccc(Br)c3)no2)CCOCC1. The molecule has 1 fully saturated rings. The Morgan fingerprint density at radius 3 is 2.85 bits per heavy atom. The van der Waals surface area contributed by atoms with Crippen LogP contribution in [0.3, 0.4) is 0 Å². The first-order chi connectivity index (χ1) is 9.66. The zero-order valence-electron chi connectivity index (χ0n) is 11.0. The second-order valence-electron chi connectivity index (χ2n) is 5.09. The van der Waals surface area contributed by atoms with Gasteiger partial charge in [-0.25, -0.2) is 0 Å². The van der Waals surface area contributed by atoms with Crippen molar-refractivity contribution >= 4 is 15.9 Å². The van der Waals surface area contributed by atoms with E-state index in [1.54, 1.807) is 0 Å². The highest BCUT2D eigenvalue weighted by molar-refractivity contribution is 9.10. The van der Waals surface area contributed by atoms with Crippen LogP contribution < -0.4 is 5.73 Å². The van der Waals surface area contributed by atoms with Gasteiger partial charge >= 0.3 is 0 Å². The number of rotatable bonds is 3. The van der Waals surface area contributed by atoms with Gasteiger partial charge in [-0.15, -0.1) is 0 Å². The van der Waals surface area contributed by atoms with Crippen LogP contribution in [0.4, 0.5) is 0 Å². The molecule has 1 aliphatic heterocycles. The van der Waals surface area contributed by atoms with Crippen molar-refractivity contribution in [1.82, 2.24) is 10.1 Å². The maximum absolute atomic E-state index is 6.33. The van der Waals surface area contributed by atoms with Crippen LogP contribution in [0.5, 0.6) is 0 Å². The molecule has 0 bridgehead atoms. The first-order valence-corrected chi connectivity index (χ1v) is 7.39. The molecule has 1 aromatic heterocycles. The molecule has 0 atom stereocenters. The molecule has 1 aliphatic rings. The molecule has 2 aromatic rings. The number of hydrogen-bond donors (Lipinski definition) is 1. The summed E-state index contributed by atoms with van der Waals surface area (Å²) >= 11 is 3.45. The smallest absolute Gasteiger partial charge is 0.246 e. The predicted molar refractivity (Wildman–Crippen MR) is 77.2 cm³/mol. The van der Waals surface area contributed by atoms with Gasteiger partial charge in [-0.3, -0.25) is 0 Å². The van der Waals surface area contributed by atoms with Crippen LogP contribution in [-0.2, 0) is 16.7 Å². The first-order valence-electron chi connectivity index (χ1n) is 6.60. The second kappa shape index (κ2) is 5.63. The van der Waals surface area contributed by atoms with E-state index < -0.39 is 5.54 Å². The highest BCUT2D eigenvalue weighted by Crippen LogP contribution is 2.28. The van der Waals surface area contributed by atoms with Crippen molar-refractivity contribution in [2.75, 3.05) is 13.2 Å². The summed E-state index contributed by atoms with van der Waals surface area (Å²) in [5.41, 5.74) is 6.92. The van der Waals surface area contributed by atoms with Gasteiger partial charge in [-0.2, -0.15) is 4.98 Å². The maximum Gasteiger partial charge on any atom is 0.246 e. The van der Waals surface area contributed by atoms with Crippen LogP contribution in [0.15, 0.2) is 33.3 Å². The summed E-state index contributed by atoms with van der Waals surface area (Å²) in [6.07, 6.45) is 2.06. The Hall–Kier alpha value is -1.24. The summed E-state index contributed by atoms with van der Waals surface area (Å²) in [7, 11) is 0. The van der Waals surface area contributed by atoms with Gasteiger partial charge in [0, 0.05) is 24.1 Å². The van der Waals surface area contributed by atoms with Gasteiger partial charge < -0.3 is 15.0 Å². The van der Waals surface area contributed by atoms with Crippen LogP contribution in [0.2, 0.25) is 0 Å². The number of nitrogens with two attached hydrogens (primary N) is 1. The molecule has 0 amide bonds. The van der Waals surface area contributed by atoms with Crippen molar-refractivity contribution in [1.29, 1.82) is 0 Å². The van der Waals surface area contributed by atoms with E-state index in [2.05, 4.69) is 26.1 Å². The second-order valence-corrected chi connectivity index (χ2v) is 6.01. The summed E-state index contributed by atoms with van der Waals surface area (Å²) in [5, 5.41) is 4.04. The number of ether oxygens (including phenoxy) is 1. The number of hydrogen-bond acceptors (Lipinski definition) is 5. The zero-order chi connectivity index (χ0) is 14.0. The molecule has 0 spiro atoms. The number of aromatic nitrogens is 2. The van der Waals surface area contributed by atoms with E-state index in [4.69, 9.17) is 15.0 Å². The van der Waals surface area contributed by atoms with E-state index in [0.29, 0.717) is 44.2 Å². The van der Waals surface area contributed by atoms with Gasteiger partial charge in [0.05, 0.1) is 0 Å². The third kappa shape index (κ3) is 2.92. The molecular weight excluding hydrogens is 322 g/mol. The third-order valence-electron chi connectivity index (χ3n) is 3.53. The number of halogens is 1. The Balaban J connectivity index is 1.76. The summed E-state index contributed by atoms with van der Waals surface area (Å²) in [6, 6.07) is 8.06. The van der Waals surface area contributed by atoms with Crippen LogP contribution in [0, 0.1) is 0 Å². The fourth-order valence-corrected chi connectivity index (χ4v) is 2.75. The lowest BCUT2D eigenvalue weighted by Gasteiger charge is -2.29. The van der Waals surface area contributed by atoms with E-state index in [1.807, 2.05) is 24.3 Å². The highest BCUT2D eigenvalue weighted by Gasteiger charge is 2.35. The minimum atomic E-state index is -0.541. The number of benzene rings is 1. The van der Waals surface area contributed by atoms with E-state index in [-0.39, 0.29) is 0 Å². The fraction of sp³-hybridized carbons (Fsp3) is 0.429. The van der Waals surface area contributed by atoms with E-state index in [0.717, 1.165) is 10.0 Å². The zero-order valence-corrected chi connectivity index (χ0v) is 12.6. The third-order valence-corrected chi connectivity index (χ3v) is 4.02. The topological polar surface area (TPSA) is 74.2 Å². The normalized spacial score (nSPS) is 18.1. The molecule has 5 nitrogen and oxygen atoms in total. The minimum Gasteiger partial charge on any atom is -0.381 e. The van der Waals surface area contributed by atoms with Gasteiger partial charge in [0.15, 0.2) is 5.82 Å². The molecule has 0 unspecified atom stereocenters. The van der Waals surface area contributed by atoms with Crippen molar-refractivity contribution < 1.29 is 9.26 Å². The average molecular weight is 338 g/mol. The monoisotopic (exact) mass is 337 g/mol. The van der Waals surface area contributed by atoms with E-state index >= 15 is 0 Å². The van der Waals surface area contributed by atoms with E-state index in [1.165, 1.54) is 0 Å². The molecule has 3 rings (SSSR count). The Morgan fingerprint density at radius 2 is 2.10 bits per heavy atom. The summed E-state index contributed by atoms with van der Waals surface area (Å²) < 4.78 is 11.7. The lowest BCUT2D eigenvalue weighted by molar-refractivity contribution is 0.0400. The average Bonchev–Trinajstić information content (AvgIpc) is 2.89. The number of nitrogens with zero attached hydrogens (tertiary/aromatic N) is 2. The largest absolute Gasteiger partial charge is 0.381 e. The molecule has 2 N–H and O–H groups in total. The molecule has 1 aromatic carbocycles. The van der Waals surface area contributed by atoms with Crippen molar-refractivity contribution in [3.63, 3.8) is 0 Å². The van der Waals surface area contributed by atoms with Crippen molar-refractivity contribution in [2.45, 2.75) is 24.8 Å². The van der Waals surface area contributed by atoms with Gasteiger partial charge in [0.1, 0.15) is 5.54 Å². The van der Waals surface area contributed by atoms with Crippen molar-refractivity contribution in [2.24, 2.45) is 5.73 Å². The molecule has 20 heavy (non-hydrogen) atoms. The molecule has 106 valence electrons. The molecule has 0 radical (unpaired) electrons. The molecular formula is C14H16BrN3O2. The minimum absolute atomic E-state index is 0.519. The summed E-state index contributed by atoms with van der Waals surface area (Å²) in [4.78, 5) is 4.46. The summed E-state index contributed by atoms with van der Waals surface area (Å²) in [6.45, 7) is 1.28. The van der Waals surface area contributed by atoms with Crippen LogP contribution in [0.1, 0.15) is 30.1 Å². The summed E-state index contributed by atoms with van der Waals surface area (Å²) in [5.74, 6) is 1.18. The Kier molecular flexibility index (Phi) is 3.87. The Labute approximate surface area is 125 Å². The molecule has 1 saturated heterocycles. The molecule has 2 heterocycles. The Morgan fingerprint density at radius 1 is 1.30 bits per heavy atom. The van der Waals surface area contributed by atoms with Gasteiger partial charge in [0.2, 0.25) is 5.89 Å². The molecule has 0 aliphatic carbocycles. The molecule has 0 saturated carbocycles. The Bertz CT molecular complexity index is 594. The van der Waals surface area contributed by atoms with Crippen LogP contribution in [-0.4, -0.2) is 23.4 Å². The highest BCUT2D eigenvalue weighted by atomic mass is 79.9. The quantitative estimate of drug-likeness (QED) is 0.930. The van der Waals surface area contributed by atoms with Gasteiger partial charge in [-0.05, 0) is 30.5 Å². The van der Waals surface area contributed by atoms with E-state index in [9.17, 15) is 0 Å². The van der Waals surface area contributed by atoms with Crippen molar-refractivity contribution in [3.8, 4) is 0 Å². The van der Waals surface area contributed by atoms with Crippen LogP contribution >= 0.6 is 15.9 Å². The molecule has 6 heteroatoms. The predicted octanol–water partition coefficient (Wildman–Crippen LogP) is 2.39. The first kappa shape index (κ1) is 13.7. The maximum atomic E-state index is 6.33. The lowest BCUT2D eigenvalue weighted by Crippen LogP contribution is -2.42. The van der Waals surface area contributed by atoms with Gasteiger partial charge in [-0.1, -0.05) is 33.2 Å². The lowest BCUT2D eigenvalue weighted by atomic mass is 9.91. The van der Waals surface area contributed by atoms with Crippen molar-refractivity contribution in [3.05, 3.63) is 46.0 Å².